The van der Waals surface area contributed by atoms with Crippen molar-refractivity contribution in [2.75, 3.05) is 19.0 Å². The number of hydrogen-bond donors (Lipinski definition) is 1. The van der Waals surface area contributed by atoms with Crippen LogP contribution in [-0.2, 0) is 0 Å². The summed E-state index contributed by atoms with van der Waals surface area (Å²) in [5.74, 6) is 0.254. The van der Waals surface area contributed by atoms with Gasteiger partial charge in [-0.05, 0) is 13.0 Å². The average molecular weight is 239 g/mol. The molecule has 0 aromatic carbocycles. The van der Waals surface area contributed by atoms with Crippen LogP contribution in [0.2, 0.25) is 0 Å². The molecule has 0 amide bonds. The lowest BCUT2D eigenvalue weighted by atomic mass is 10.3. The van der Waals surface area contributed by atoms with E-state index in [2.05, 4.69) is 10.3 Å². The summed E-state index contributed by atoms with van der Waals surface area (Å²) in [5.41, 5.74) is 1.56. The summed E-state index contributed by atoms with van der Waals surface area (Å²) in [4.78, 5) is 3.90. The molecule has 1 aromatic heterocycles. The number of anilines is 1. The Morgan fingerprint density at radius 1 is 1.53 bits per heavy atom. The van der Waals surface area contributed by atoms with Crippen LogP contribution >= 0.6 is 12.4 Å². The summed E-state index contributed by atoms with van der Waals surface area (Å²) in [6, 6.07) is 1.79. The molecular weight excluding hydrogens is 226 g/mol. The maximum absolute atomic E-state index is 11.8. The van der Waals surface area contributed by atoms with Crippen molar-refractivity contribution in [1.82, 2.24) is 4.98 Å². The molecule has 1 aromatic rings. The van der Waals surface area contributed by atoms with Gasteiger partial charge in [0, 0.05) is 12.6 Å². The maximum atomic E-state index is 11.8. The highest BCUT2D eigenvalue weighted by Gasteiger charge is 2.06. The van der Waals surface area contributed by atoms with E-state index in [9.17, 15) is 8.78 Å². The number of ether oxygens (including phenoxy) is 1. The SMILES string of the molecule is CNc1cnc(OCC(F)F)c(C)c1.Cl. The Morgan fingerprint density at radius 3 is 2.67 bits per heavy atom. The third-order valence-corrected chi connectivity index (χ3v) is 1.66. The highest BCUT2D eigenvalue weighted by molar-refractivity contribution is 5.85. The fourth-order valence-electron chi connectivity index (χ4n) is 0.992. The molecule has 0 unspecified atom stereocenters. The van der Waals surface area contributed by atoms with Crippen molar-refractivity contribution >= 4 is 18.1 Å². The van der Waals surface area contributed by atoms with Gasteiger partial charge in [0.15, 0.2) is 6.61 Å². The first kappa shape index (κ1) is 13.9. The molecule has 0 radical (unpaired) electrons. The van der Waals surface area contributed by atoms with Crippen molar-refractivity contribution in [3.8, 4) is 5.88 Å². The number of nitrogens with zero attached hydrogens (tertiary/aromatic N) is 1. The van der Waals surface area contributed by atoms with Crippen molar-refractivity contribution in [2.45, 2.75) is 13.3 Å². The molecule has 86 valence electrons. The highest BCUT2D eigenvalue weighted by Crippen LogP contribution is 2.18. The molecule has 1 N–H and O–H groups in total. The van der Waals surface area contributed by atoms with E-state index in [-0.39, 0.29) is 18.3 Å². The van der Waals surface area contributed by atoms with Gasteiger partial charge in [0.2, 0.25) is 5.88 Å². The van der Waals surface area contributed by atoms with E-state index in [1.54, 1.807) is 20.0 Å². The lowest BCUT2D eigenvalue weighted by molar-refractivity contribution is 0.0792. The molecule has 1 rings (SSSR count). The third kappa shape index (κ3) is 4.29. The van der Waals surface area contributed by atoms with E-state index in [1.807, 2.05) is 0 Å². The Morgan fingerprint density at radius 2 is 2.20 bits per heavy atom. The molecule has 3 nitrogen and oxygen atoms in total. The molecule has 0 spiro atoms. The van der Waals surface area contributed by atoms with Gasteiger partial charge in [-0.25, -0.2) is 13.8 Å². The Bertz CT molecular complexity index is 310. The zero-order chi connectivity index (χ0) is 10.6. The van der Waals surface area contributed by atoms with Crippen LogP contribution in [0.15, 0.2) is 12.3 Å². The first-order valence-electron chi connectivity index (χ1n) is 4.19. The van der Waals surface area contributed by atoms with E-state index in [0.29, 0.717) is 0 Å². The van der Waals surface area contributed by atoms with E-state index in [4.69, 9.17) is 4.74 Å². The van der Waals surface area contributed by atoms with Crippen molar-refractivity contribution in [3.63, 3.8) is 0 Å². The number of hydrogen-bond acceptors (Lipinski definition) is 3. The van der Waals surface area contributed by atoms with Crippen LogP contribution in [0, 0.1) is 6.92 Å². The van der Waals surface area contributed by atoms with Gasteiger partial charge in [-0.2, -0.15) is 0 Å². The topological polar surface area (TPSA) is 34.2 Å². The van der Waals surface area contributed by atoms with Gasteiger partial charge in [-0.15, -0.1) is 12.4 Å². The zero-order valence-electron chi connectivity index (χ0n) is 8.46. The smallest absolute Gasteiger partial charge is 0.272 e. The zero-order valence-corrected chi connectivity index (χ0v) is 9.28. The second-order valence-corrected chi connectivity index (χ2v) is 2.80. The summed E-state index contributed by atoms with van der Waals surface area (Å²) in [6.07, 6.45) is -0.937. The number of halogens is 3. The minimum atomic E-state index is -2.47. The molecule has 15 heavy (non-hydrogen) atoms. The predicted molar refractivity (Wildman–Crippen MR) is 57.3 cm³/mol. The number of pyridine rings is 1. The van der Waals surface area contributed by atoms with Gasteiger partial charge in [0.05, 0.1) is 11.9 Å². The summed E-state index contributed by atoms with van der Waals surface area (Å²) in [6.45, 7) is 1.14. The Hall–Kier alpha value is -1.10. The average Bonchev–Trinajstić information content (AvgIpc) is 2.15. The van der Waals surface area contributed by atoms with Crippen molar-refractivity contribution in [2.24, 2.45) is 0 Å². The number of alkyl halides is 2. The molecule has 0 aliphatic carbocycles. The number of aryl methyl sites for hydroxylation is 1. The first-order chi connectivity index (χ1) is 6.63. The molecule has 0 aliphatic rings. The largest absolute Gasteiger partial charge is 0.471 e. The minimum Gasteiger partial charge on any atom is -0.471 e. The molecule has 0 bridgehead atoms. The van der Waals surface area contributed by atoms with Gasteiger partial charge in [-0.1, -0.05) is 0 Å². The van der Waals surface area contributed by atoms with Gasteiger partial charge in [0.1, 0.15) is 0 Å². The second-order valence-electron chi connectivity index (χ2n) is 2.80. The van der Waals surface area contributed by atoms with E-state index in [1.165, 1.54) is 6.20 Å². The lowest BCUT2D eigenvalue weighted by Gasteiger charge is -2.08. The number of rotatable bonds is 4. The van der Waals surface area contributed by atoms with Gasteiger partial charge in [0.25, 0.3) is 6.43 Å². The van der Waals surface area contributed by atoms with Crippen LogP contribution in [0.25, 0.3) is 0 Å². The van der Waals surface area contributed by atoms with Crippen molar-refractivity contribution in [1.29, 1.82) is 0 Å². The van der Waals surface area contributed by atoms with Crippen LogP contribution in [0.3, 0.4) is 0 Å². The quantitative estimate of drug-likeness (QED) is 0.875. The number of aromatic nitrogens is 1. The van der Waals surface area contributed by atoms with Crippen molar-refractivity contribution < 1.29 is 13.5 Å². The Kier molecular flexibility index (Phi) is 5.93. The molecule has 0 fully saturated rings. The summed E-state index contributed by atoms with van der Waals surface area (Å²) >= 11 is 0. The first-order valence-corrected chi connectivity index (χ1v) is 4.19. The van der Waals surface area contributed by atoms with Crippen LogP contribution < -0.4 is 10.1 Å². The van der Waals surface area contributed by atoms with Crippen LogP contribution in [-0.4, -0.2) is 25.1 Å². The van der Waals surface area contributed by atoms with Gasteiger partial charge in [-0.3, -0.25) is 0 Å². The predicted octanol–water partition coefficient (Wildman–Crippen LogP) is 2.50. The van der Waals surface area contributed by atoms with Crippen LogP contribution in [0.5, 0.6) is 5.88 Å². The van der Waals surface area contributed by atoms with Gasteiger partial charge < -0.3 is 10.1 Å². The monoisotopic (exact) mass is 238 g/mol. The van der Waals surface area contributed by atoms with E-state index in [0.717, 1.165) is 11.3 Å². The summed E-state index contributed by atoms with van der Waals surface area (Å²) in [5, 5.41) is 2.89. The van der Waals surface area contributed by atoms with E-state index >= 15 is 0 Å². The van der Waals surface area contributed by atoms with Gasteiger partial charge >= 0.3 is 0 Å². The normalized spacial score (nSPS) is 9.67. The molecule has 0 saturated heterocycles. The summed E-state index contributed by atoms with van der Waals surface area (Å²) in [7, 11) is 1.76. The Balaban J connectivity index is 0.00000196. The van der Waals surface area contributed by atoms with Crippen LogP contribution in [0.1, 0.15) is 5.56 Å². The van der Waals surface area contributed by atoms with Crippen molar-refractivity contribution in [3.05, 3.63) is 17.8 Å². The standard InChI is InChI=1S/C9H12F2N2O.ClH/c1-6-3-7(12-2)4-13-9(6)14-5-8(10)11;/h3-4,8,12H,5H2,1-2H3;1H. The molecule has 0 aliphatic heterocycles. The maximum Gasteiger partial charge on any atom is 0.272 e. The second kappa shape index (κ2) is 6.40. The minimum absolute atomic E-state index is 0. The van der Waals surface area contributed by atoms with Crippen LogP contribution in [0.4, 0.5) is 14.5 Å². The molecule has 0 atom stereocenters. The molecule has 6 heteroatoms. The summed E-state index contributed by atoms with van der Waals surface area (Å²) < 4.78 is 28.5. The molecule has 0 saturated carbocycles. The third-order valence-electron chi connectivity index (χ3n) is 1.66. The lowest BCUT2D eigenvalue weighted by Crippen LogP contribution is -2.09. The fourth-order valence-corrected chi connectivity index (χ4v) is 0.992. The fraction of sp³-hybridized carbons (Fsp3) is 0.444. The molecule has 1 heterocycles. The number of nitrogens with one attached hydrogen (secondary N) is 1. The highest BCUT2D eigenvalue weighted by atomic mass is 35.5. The molecular formula is C9H13ClF2N2O. The Labute approximate surface area is 93.3 Å². The van der Waals surface area contributed by atoms with E-state index < -0.39 is 13.0 Å².